The van der Waals surface area contributed by atoms with Gasteiger partial charge < -0.3 is 31.6 Å². The SMILES string of the molecule is CC1(C(=C/N)/C(=C\N)NC(=O)c2ccnc(Nc3ccc(C(F)(F)F)cn3)c2)OCCO1. The monoisotopic (exact) mass is 450 g/mol. The van der Waals surface area contributed by atoms with Gasteiger partial charge in [-0.3, -0.25) is 4.79 Å². The second kappa shape index (κ2) is 9.24. The van der Waals surface area contributed by atoms with E-state index in [1.54, 1.807) is 6.92 Å². The summed E-state index contributed by atoms with van der Waals surface area (Å²) in [6.45, 7) is 2.37. The van der Waals surface area contributed by atoms with Crippen molar-refractivity contribution in [3.8, 4) is 0 Å². The fourth-order valence-corrected chi connectivity index (χ4v) is 2.96. The Morgan fingerprint density at radius 3 is 2.41 bits per heavy atom. The Balaban J connectivity index is 1.73. The Labute approximate surface area is 181 Å². The normalized spacial score (nSPS) is 16.6. The number of aromatic nitrogens is 2. The maximum absolute atomic E-state index is 12.8. The molecule has 32 heavy (non-hydrogen) atoms. The number of nitrogens with zero attached hydrogens (tertiary/aromatic N) is 2. The Hall–Kier alpha value is -3.64. The van der Waals surface area contributed by atoms with Crippen LogP contribution in [0.15, 0.2) is 60.3 Å². The molecule has 3 rings (SSSR count). The highest BCUT2D eigenvalue weighted by Gasteiger charge is 2.37. The molecule has 0 aromatic carbocycles. The van der Waals surface area contributed by atoms with Crippen LogP contribution in [0.25, 0.3) is 0 Å². The summed E-state index contributed by atoms with van der Waals surface area (Å²) in [5, 5.41) is 5.39. The number of carbonyl (C=O) groups excluding carboxylic acids is 1. The number of hydrogen-bond donors (Lipinski definition) is 4. The van der Waals surface area contributed by atoms with E-state index in [1.165, 1.54) is 30.7 Å². The van der Waals surface area contributed by atoms with Crippen molar-refractivity contribution in [2.75, 3.05) is 18.5 Å². The Kier molecular flexibility index (Phi) is 6.65. The summed E-state index contributed by atoms with van der Waals surface area (Å²) in [6, 6.07) is 4.90. The molecule has 0 saturated carbocycles. The summed E-state index contributed by atoms with van der Waals surface area (Å²) in [4.78, 5) is 20.5. The van der Waals surface area contributed by atoms with E-state index in [0.717, 1.165) is 12.1 Å². The third-order valence-electron chi connectivity index (χ3n) is 4.57. The molecule has 1 fully saturated rings. The lowest BCUT2D eigenvalue weighted by atomic mass is 10.1. The molecule has 9 nitrogen and oxygen atoms in total. The van der Waals surface area contributed by atoms with Gasteiger partial charge in [0.25, 0.3) is 5.91 Å². The van der Waals surface area contributed by atoms with Crippen LogP contribution in [0.3, 0.4) is 0 Å². The zero-order chi connectivity index (χ0) is 23.4. The molecular weight excluding hydrogens is 429 g/mol. The Morgan fingerprint density at radius 1 is 1.12 bits per heavy atom. The van der Waals surface area contributed by atoms with E-state index in [2.05, 4.69) is 20.6 Å². The fourth-order valence-electron chi connectivity index (χ4n) is 2.96. The number of pyridine rings is 2. The number of rotatable bonds is 6. The van der Waals surface area contributed by atoms with Crippen LogP contribution in [0, 0.1) is 0 Å². The zero-order valence-corrected chi connectivity index (χ0v) is 16.9. The minimum atomic E-state index is -4.49. The summed E-state index contributed by atoms with van der Waals surface area (Å²) in [5.74, 6) is -1.37. The Bertz CT molecular complexity index is 1030. The molecule has 1 aliphatic rings. The molecule has 2 aromatic heterocycles. The second-order valence-corrected chi connectivity index (χ2v) is 6.74. The first-order valence-electron chi connectivity index (χ1n) is 9.36. The lowest BCUT2D eigenvalue weighted by Gasteiger charge is -2.27. The van der Waals surface area contributed by atoms with Gasteiger partial charge in [-0.2, -0.15) is 13.2 Å². The largest absolute Gasteiger partial charge is 0.417 e. The first-order valence-corrected chi connectivity index (χ1v) is 9.36. The molecule has 0 aliphatic carbocycles. The highest BCUT2D eigenvalue weighted by Crippen LogP contribution is 2.31. The molecule has 0 radical (unpaired) electrons. The number of carbonyl (C=O) groups is 1. The van der Waals surface area contributed by atoms with E-state index < -0.39 is 23.4 Å². The van der Waals surface area contributed by atoms with E-state index in [4.69, 9.17) is 20.9 Å². The predicted octanol–water partition coefficient (Wildman–Crippen LogP) is 2.37. The molecule has 2 aromatic rings. The van der Waals surface area contributed by atoms with Crippen LogP contribution in [-0.2, 0) is 15.7 Å². The number of nitrogens with two attached hydrogens (primary N) is 2. The van der Waals surface area contributed by atoms with E-state index in [0.29, 0.717) is 25.0 Å². The van der Waals surface area contributed by atoms with Gasteiger partial charge in [0.1, 0.15) is 11.6 Å². The van der Waals surface area contributed by atoms with Crippen LogP contribution < -0.4 is 22.1 Å². The molecule has 1 saturated heterocycles. The van der Waals surface area contributed by atoms with Crippen molar-refractivity contribution >= 4 is 17.5 Å². The number of alkyl halides is 3. The molecule has 0 bridgehead atoms. The third kappa shape index (κ3) is 5.15. The molecule has 12 heteroatoms. The van der Waals surface area contributed by atoms with Gasteiger partial charge in [0.2, 0.25) is 0 Å². The molecule has 170 valence electrons. The van der Waals surface area contributed by atoms with Crippen LogP contribution in [0.4, 0.5) is 24.8 Å². The average Bonchev–Trinajstić information content (AvgIpc) is 3.20. The first-order chi connectivity index (χ1) is 15.2. The number of ether oxygens (including phenoxy) is 2. The summed E-state index contributed by atoms with van der Waals surface area (Å²) in [7, 11) is 0. The van der Waals surface area contributed by atoms with E-state index in [1.807, 2.05) is 0 Å². The minimum Gasteiger partial charge on any atom is -0.404 e. The van der Waals surface area contributed by atoms with Gasteiger partial charge in [0.15, 0.2) is 5.79 Å². The lowest BCUT2D eigenvalue weighted by molar-refractivity contribution is -0.137. The van der Waals surface area contributed by atoms with Gasteiger partial charge in [0.05, 0.1) is 30.0 Å². The second-order valence-electron chi connectivity index (χ2n) is 6.74. The van der Waals surface area contributed by atoms with Crippen molar-refractivity contribution in [3.05, 3.63) is 71.5 Å². The van der Waals surface area contributed by atoms with Gasteiger partial charge in [-0.1, -0.05) is 0 Å². The number of amides is 1. The van der Waals surface area contributed by atoms with Crippen LogP contribution in [-0.4, -0.2) is 34.9 Å². The first kappa shape index (κ1) is 23.0. The van der Waals surface area contributed by atoms with Crippen LogP contribution in [0.5, 0.6) is 0 Å². The predicted molar refractivity (Wildman–Crippen MR) is 109 cm³/mol. The van der Waals surface area contributed by atoms with Crippen molar-refractivity contribution in [1.29, 1.82) is 0 Å². The molecular formula is C20H21F3N6O3. The highest BCUT2D eigenvalue weighted by molar-refractivity contribution is 5.96. The van der Waals surface area contributed by atoms with Crippen molar-refractivity contribution in [3.63, 3.8) is 0 Å². The minimum absolute atomic E-state index is 0.127. The van der Waals surface area contributed by atoms with Crippen molar-refractivity contribution < 1.29 is 27.4 Å². The van der Waals surface area contributed by atoms with Crippen LogP contribution in [0.1, 0.15) is 22.8 Å². The summed E-state index contributed by atoms with van der Waals surface area (Å²) in [5.41, 5.74) is 11.2. The maximum atomic E-state index is 12.8. The fraction of sp³-hybridized carbons (Fsp3) is 0.250. The van der Waals surface area contributed by atoms with Gasteiger partial charge in [-0.15, -0.1) is 0 Å². The molecule has 0 atom stereocenters. The number of hydrogen-bond acceptors (Lipinski definition) is 8. The number of anilines is 2. The number of halogens is 3. The topological polar surface area (TPSA) is 137 Å². The highest BCUT2D eigenvalue weighted by atomic mass is 19.4. The average molecular weight is 450 g/mol. The van der Waals surface area contributed by atoms with Gasteiger partial charge in [-0.25, -0.2) is 9.97 Å². The number of nitrogens with one attached hydrogen (secondary N) is 2. The maximum Gasteiger partial charge on any atom is 0.417 e. The molecule has 1 aliphatic heterocycles. The van der Waals surface area contributed by atoms with Gasteiger partial charge in [-0.05, 0) is 31.2 Å². The van der Waals surface area contributed by atoms with Gasteiger partial charge >= 0.3 is 6.18 Å². The van der Waals surface area contributed by atoms with Crippen LogP contribution in [0.2, 0.25) is 0 Å². The quantitative estimate of drug-likeness (QED) is 0.493. The molecule has 3 heterocycles. The van der Waals surface area contributed by atoms with E-state index in [9.17, 15) is 18.0 Å². The van der Waals surface area contributed by atoms with Crippen LogP contribution >= 0.6 is 0 Å². The summed E-state index contributed by atoms with van der Waals surface area (Å²) >= 11 is 0. The smallest absolute Gasteiger partial charge is 0.404 e. The van der Waals surface area contributed by atoms with Crippen molar-refractivity contribution in [2.24, 2.45) is 11.5 Å². The summed E-state index contributed by atoms with van der Waals surface area (Å²) < 4.78 is 49.1. The standard InChI is InChI=1S/C20H21F3N6O3/c1-19(31-6-7-32-19)14(9-24)15(10-25)28-18(30)12-4-5-26-17(8-12)29-16-3-2-13(11-27-16)20(21,22)23/h2-5,8-11H,6-7,24-25H2,1H3,(H,28,30)(H,26,27,29)/b14-9+,15-10+. The van der Waals surface area contributed by atoms with Crippen molar-refractivity contribution in [1.82, 2.24) is 15.3 Å². The Morgan fingerprint density at radius 2 is 1.84 bits per heavy atom. The van der Waals surface area contributed by atoms with Gasteiger partial charge in [0, 0.05) is 30.4 Å². The third-order valence-corrected chi connectivity index (χ3v) is 4.57. The lowest BCUT2D eigenvalue weighted by Crippen LogP contribution is -2.36. The molecule has 0 unspecified atom stereocenters. The molecule has 1 amide bonds. The molecule has 0 spiro atoms. The molecule has 6 N–H and O–H groups in total. The van der Waals surface area contributed by atoms with Crippen molar-refractivity contribution in [2.45, 2.75) is 18.9 Å². The zero-order valence-electron chi connectivity index (χ0n) is 16.9. The van der Waals surface area contributed by atoms with E-state index >= 15 is 0 Å². The summed E-state index contributed by atoms with van der Waals surface area (Å²) in [6.07, 6.45) is -0.0269. The van der Waals surface area contributed by atoms with E-state index in [-0.39, 0.29) is 22.9 Å².